The molecule has 27 heavy (non-hydrogen) atoms. The maximum Gasteiger partial charge on any atom is 0.302 e. The predicted molar refractivity (Wildman–Crippen MR) is 97.3 cm³/mol. The van der Waals surface area contributed by atoms with Crippen LogP contribution in [-0.4, -0.2) is 42.4 Å². The molecular weight excluding hydrogens is 348 g/mol. The first-order valence-corrected chi connectivity index (χ1v) is 8.44. The van der Waals surface area contributed by atoms with Crippen molar-refractivity contribution in [1.82, 2.24) is 4.90 Å². The molecule has 0 aromatic heterocycles. The molecule has 0 aliphatic carbocycles. The highest BCUT2D eigenvalue weighted by Gasteiger charge is 2.35. The van der Waals surface area contributed by atoms with Gasteiger partial charge in [-0.1, -0.05) is 12.1 Å². The first-order chi connectivity index (χ1) is 12.9. The average Bonchev–Trinajstić information content (AvgIpc) is 2.63. The van der Waals surface area contributed by atoms with Gasteiger partial charge in [0.1, 0.15) is 24.0 Å². The molecule has 0 saturated heterocycles. The Kier molecular flexibility index (Phi) is 6.50. The fourth-order valence-electron chi connectivity index (χ4n) is 2.61. The number of hydrogen-bond donors (Lipinski definition) is 0. The molecule has 0 saturated carbocycles. The van der Waals surface area contributed by atoms with Crippen molar-refractivity contribution < 1.29 is 23.9 Å². The van der Waals surface area contributed by atoms with Crippen molar-refractivity contribution in [1.29, 1.82) is 5.26 Å². The van der Waals surface area contributed by atoms with Crippen molar-refractivity contribution in [3.8, 4) is 11.8 Å². The van der Waals surface area contributed by atoms with Gasteiger partial charge in [0.15, 0.2) is 0 Å². The molecule has 7 nitrogen and oxygen atoms in total. The molecule has 0 radical (unpaired) electrons. The number of imide groups is 1. The van der Waals surface area contributed by atoms with Gasteiger partial charge in [-0.05, 0) is 43.2 Å². The van der Waals surface area contributed by atoms with Crippen LogP contribution in [0.1, 0.15) is 26.3 Å². The Balaban J connectivity index is 2.36. The van der Waals surface area contributed by atoms with Crippen LogP contribution < -0.4 is 4.74 Å². The van der Waals surface area contributed by atoms with Crippen molar-refractivity contribution >= 4 is 23.9 Å². The summed E-state index contributed by atoms with van der Waals surface area (Å²) in [5, 5.41) is 9.33. The minimum absolute atomic E-state index is 0.102. The van der Waals surface area contributed by atoms with Crippen LogP contribution in [0.2, 0.25) is 0 Å². The molecule has 1 aliphatic heterocycles. The number of hydrogen-bond acceptors (Lipinski definition) is 6. The Hall–Kier alpha value is -3.40. The van der Waals surface area contributed by atoms with Crippen LogP contribution in [0.4, 0.5) is 0 Å². The Morgan fingerprint density at radius 2 is 1.89 bits per heavy atom. The topological polar surface area (TPSA) is 96.7 Å². The van der Waals surface area contributed by atoms with Gasteiger partial charge in [0.2, 0.25) is 0 Å². The van der Waals surface area contributed by atoms with Gasteiger partial charge in [-0.3, -0.25) is 19.3 Å². The fraction of sp³-hybridized carbons (Fsp3) is 0.300. The van der Waals surface area contributed by atoms with Crippen LogP contribution in [-0.2, 0) is 19.1 Å². The van der Waals surface area contributed by atoms with E-state index in [1.54, 1.807) is 37.3 Å². The number of nitrogens with zero attached hydrogens (tertiary/aromatic N) is 2. The lowest BCUT2D eigenvalue weighted by Gasteiger charge is -2.27. The normalized spacial score (nSPS) is 15.8. The van der Waals surface area contributed by atoms with Crippen molar-refractivity contribution in [2.24, 2.45) is 0 Å². The number of esters is 1. The summed E-state index contributed by atoms with van der Waals surface area (Å²) in [6.07, 6.45) is 1.62. The zero-order valence-electron chi connectivity index (χ0n) is 15.4. The molecule has 1 aromatic rings. The molecule has 1 aromatic carbocycles. The number of ether oxygens (including phenoxy) is 2. The molecule has 0 spiro atoms. The molecule has 7 heteroatoms. The van der Waals surface area contributed by atoms with Crippen molar-refractivity contribution in [3.63, 3.8) is 0 Å². The van der Waals surface area contributed by atoms with Gasteiger partial charge >= 0.3 is 5.97 Å². The van der Waals surface area contributed by atoms with E-state index >= 15 is 0 Å². The molecule has 1 heterocycles. The summed E-state index contributed by atoms with van der Waals surface area (Å²) >= 11 is 0. The van der Waals surface area contributed by atoms with E-state index in [9.17, 15) is 19.6 Å². The van der Waals surface area contributed by atoms with E-state index in [0.29, 0.717) is 17.9 Å². The van der Waals surface area contributed by atoms with Crippen LogP contribution in [0.3, 0.4) is 0 Å². The van der Waals surface area contributed by atoms with Crippen LogP contribution in [0, 0.1) is 11.3 Å². The van der Waals surface area contributed by atoms with Crippen LogP contribution in [0.5, 0.6) is 5.75 Å². The number of nitriles is 1. The highest BCUT2D eigenvalue weighted by molar-refractivity contribution is 6.19. The molecule has 1 aliphatic rings. The van der Waals surface area contributed by atoms with E-state index in [1.807, 2.05) is 13.0 Å². The van der Waals surface area contributed by atoms with Crippen LogP contribution in [0.25, 0.3) is 6.08 Å². The summed E-state index contributed by atoms with van der Waals surface area (Å²) in [6.45, 7) is 5.00. The third-order valence-electron chi connectivity index (χ3n) is 3.95. The lowest BCUT2D eigenvalue weighted by atomic mass is 9.93. The first-order valence-electron chi connectivity index (χ1n) is 8.44. The monoisotopic (exact) mass is 368 g/mol. The molecule has 0 N–H and O–H groups in total. The molecule has 2 rings (SSSR count). The quantitative estimate of drug-likeness (QED) is 0.434. The Bertz CT molecular complexity index is 859. The van der Waals surface area contributed by atoms with Gasteiger partial charge in [0, 0.05) is 12.5 Å². The second-order valence-corrected chi connectivity index (χ2v) is 5.77. The Morgan fingerprint density at radius 3 is 2.44 bits per heavy atom. The lowest BCUT2D eigenvalue weighted by molar-refractivity contribution is -0.147. The van der Waals surface area contributed by atoms with Gasteiger partial charge in [-0.25, -0.2) is 0 Å². The zero-order valence-corrected chi connectivity index (χ0v) is 15.4. The highest BCUT2D eigenvalue weighted by Crippen LogP contribution is 2.27. The third kappa shape index (κ3) is 4.61. The smallest absolute Gasteiger partial charge is 0.302 e. The minimum atomic E-state index is -0.684. The van der Waals surface area contributed by atoms with Gasteiger partial charge in [-0.2, -0.15) is 5.26 Å². The molecular formula is C20H20N2O5. The number of carbonyl (C=O) groups is 3. The fourth-order valence-corrected chi connectivity index (χ4v) is 2.61. The van der Waals surface area contributed by atoms with Crippen LogP contribution in [0.15, 0.2) is 41.0 Å². The average molecular weight is 368 g/mol. The maximum atomic E-state index is 12.8. The molecule has 2 amide bonds. The third-order valence-corrected chi connectivity index (χ3v) is 3.95. The molecule has 0 bridgehead atoms. The summed E-state index contributed by atoms with van der Waals surface area (Å²) in [5.74, 6) is -1.02. The largest absolute Gasteiger partial charge is 0.494 e. The summed E-state index contributed by atoms with van der Waals surface area (Å²) in [5.41, 5.74) is 1.20. The Morgan fingerprint density at radius 1 is 1.22 bits per heavy atom. The van der Waals surface area contributed by atoms with Crippen molar-refractivity contribution in [2.75, 3.05) is 19.8 Å². The highest BCUT2D eigenvalue weighted by atomic mass is 16.5. The lowest BCUT2D eigenvalue weighted by Crippen LogP contribution is -2.44. The van der Waals surface area contributed by atoms with E-state index in [4.69, 9.17) is 9.47 Å². The zero-order chi connectivity index (χ0) is 20.0. The predicted octanol–water partition coefficient (Wildman–Crippen LogP) is 2.24. The van der Waals surface area contributed by atoms with E-state index < -0.39 is 17.8 Å². The van der Waals surface area contributed by atoms with Gasteiger partial charge < -0.3 is 9.47 Å². The van der Waals surface area contributed by atoms with E-state index in [-0.39, 0.29) is 24.3 Å². The van der Waals surface area contributed by atoms with Gasteiger partial charge in [-0.15, -0.1) is 0 Å². The Labute approximate surface area is 157 Å². The van der Waals surface area contributed by atoms with E-state index in [2.05, 4.69) is 0 Å². The van der Waals surface area contributed by atoms with Gasteiger partial charge in [0.05, 0.1) is 13.2 Å². The molecule has 0 unspecified atom stereocenters. The maximum absolute atomic E-state index is 12.8. The number of benzene rings is 1. The molecule has 140 valence electrons. The van der Waals surface area contributed by atoms with Crippen LogP contribution >= 0.6 is 0 Å². The number of carbonyl (C=O) groups excluding carboxylic acids is 3. The van der Waals surface area contributed by atoms with Gasteiger partial charge in [0.25, 0.3) is 11.8 Å². The summed E-state index contributed by atoms with van der Waals surface area (Å²) in [6, 6.07) is 8.98. The first kappa shape index (κ1) is 19.9. The molecule has 0 fully saturated rings. The number of rotatable bonds is 6. The summed E-state index contributed by atoms with van der Waals surface area (Å²) < 4.78 is 10.2. The standard InChI is InChI=1S/C20H20N2O5/c1-4-26-16-7-5-15(6-8-16)11-17-13(2)18(12-21)20(25)22(19(17)24)9-10-27-14(3)23/h5-8,11H,4,9-10H2,1-3H3/b17-11+. The minimum Gasteiger partial charge on any atom is -0.494 e. The van der Waals surface area contributed by atoms with Crippen molar-refractivity contribution in [3.05, 3.63) is 46.5 Å². The summed E-state index contributed by atoms with van der Waals surface area (Å²) in [4.78, 5) is 37.0. The summed E-state index contributed by atoms with van der Waals surface area (Å²) in [7, 11) is 0. The van der Waals surface area contributed by atoms with E-state index in [1.165, 1.54) is 6.92 Å². The van der Waals surface area contributed by atoms with E-state index in [0.717, 1.165) is 10.5 Å². The number of amides is 2. The molecule has 0 atom stereocenters. The second kappa shape index (κ2) is 8.81. The SMILES string of the molecule is CCOc1ccc(/C=C2/C(=O)N(CCOC(C)=O)C(=O)C(C#N)=C2C)cc1. The van der Waals surface area contributed by atoms with Crippen molar-refractivity contribution in [2.45, 2.75) is 20.8 Å². The second-order valence-electron chi connectivity index (χ2n) is 5.77.